The van der Waals surface area contributed by atoms with Gasteiger partial charge < -0.3 is 15.4 Å². The van der Waals surface area contributed by atoms with E-state index in [4.69, 9.17) is 10.5 Å². The number of ether oxygens (including phenoxy) is 1. The van der Waals surface area contributed by atoms with Gasteiger partial charge in [0.15, 0.2) is 0 Å². The number of aromatic nitrogens is 1. The number of nitrogen functional groups attached to an aromatic ring is 1. The lowest BCUT2D eigenvalue weighted by molar-refractivity contribution is 0.290. The molecule has 2 aliphatic rings. The van der Waals surface area contributed by atoms with Gasteiger partial charge in [0.25, 0.3) is 0 Å². The maximum absolute atomic E-state index is 5.92. The first kappa shape index (κ1) is 11.6. The van der Waals surface area contributed by atoms with E-state index < -0.39 is 0 Å². The molecule has 2 heterocycles. The Morgan fingerprint density at radius 2 is 2.22 bits per heavy atom. The number of nitrogens with two attached hydrogens (primary N) is 1. The highest BCUT2D eigenvalue weighted by Gasteiger charge is 2.24. The fourth-order valence-corrected chi connectivity index (χ4v) is 2.47. The first-order valence-electron chi connectivity index (χ1n) is 6.90. The number of hydrogen-bond donors (Lipinski definition) is 1. The molecule has 98 valence electrons. The van der Waals surface area contributed by atoms with E-state index >= 15 is 0 Å². The Balaban J connectivity index is 1.75. The molecule has 0 radical (unpaired) electrons. The van der Waals surface area contributed by atoms with Crippen molar-refractivity contribution >= 4 is 11.5 Å². The van der Waals surface area contributed by atoms with Gasteiger partial charge in [-0.3, -0.25) is 0 Å². The van der Waals surface area contributed by atoms with Crippen molar-refractivity contribution in [3.8, 4) is 5.88 Å². The van der Waals surface area contributed by atoms with E-state index in [9.17, 15) is 0 Å². The van der Waals surface area contributed by atoms with Crippen LogP contribution in [0.3, 0.4) is 0 Å². The summed E-state index contributed by atoms with van der Waals surface area (Å²) in [5, 5.41) is 0. The van der Waals surface area contributed by atoms with Gasteiger partial charge in [0, 0.05) is 12.6 Å². The molecule has 4 heteroatoms. The van der Waals surface area contributed by atoms with E-state index in [0.29, 0.717) is 17.6 Å². The van der Waals surface area contributed by atoms with Crippen LogP contribution < -0.4 is 15.4 Å². The Morgan fingerprint density at radius 1 is 1.39 bits per heavy atom. The first-order valence-corrected chi connectivity index (χ1v) is 6.90. The molecule has 1 aliphatic carbocycles. The maximum Gasteiger partial charge on any atom is 0.239 e. The molecule has 1 aromatic rings. The summed E-state index contributed by atoms with van der Waals surface area (Å²) in [6.45, 7) is 4.09. The van der Waals surface area contributed by atoms with E-state index in [1.54, 1.807) is 0 Å². The zero-order valence-electron chi connectivity index (χ0n) is 10.9. The van der Waals surface area contributed by atoms with Gasteiger partial charge in [0.05, 0.1) is 12.3 Å². The number of rotatable bonds is 4. The molecule has 4 nitrogen and oxygen atoms in total. The van der Waals surface area contributed by atoms with Crippen molar-refractivity contribution in [2.24, 2.45) is 5.92 Å². The monoisotopic (exact) mass is 247 g/mol. The van der Waals surface area contributed by atoms with Crippen molar-refractivity contribution in [2.75, 3.05) is 23.8 Å². The highest BCUT2D eigenvalue weighted by molar-refractivity contribution is 5.55. The Kier molecular flexibility index (Phi) is 3.02. The normalized spacial score (nSPS) is 23.4. The third-order valence-electron chi connectivity index (χ3n) is 3.87. The van der Waals surface area contributed by atoms with Crippen molar-refractivity contribution in [2.45, 2.75) is 38.6 Å². The van der Waals surface area contributed by atoms with Crippen LogP contribution in [0.1, 0.15) is 32.6 Å². The predicted octanol–water partition coefficient (Wildman–Crippen LogP) is 2.44. The summed E-state index contributed by atoms with van der Waals surface area (Å²) in [5.41, 5.74) is 6.57. The second-order valence-corrected chi connectivity index (χ2v) is 5.50. The van der Waals surface area contributed by atoms with Crippen molar-refractivity contribution in [1.82, 2.24) is 4.98 Å². The molecule has 18 heavy (non-hydrogen) atoms. The smallest absolute Gasteiger partial charge is 0.239 e. The zero-order valence-corrected chi connectivity index (χ0v) is 10.9. The number of anilines is 2. The van der Waals surface area contributed by atoms with E-state index in [-0.39, 0.29) is 0 Å². The van der Waals surface area contributed by atoms with Crippen molar-refractivity contribution in [3.63, 3.8) is 0 Å². The predicted molar refractivity (Wildman–Crippen MR) is 72.9 cm³/mol. The van der Waals surface area contributed by atoms with E-state index in [1.807, 2.05) is 12.1 Å². The standard InChI is InChI=1S/C14H21N3O/c1-10-3-2-8-17(10)13-7-6-12(15)14(16-13)18-9-11-4-5-11/h6-7,10-11H,2-5,8-9,15H2,1H3. The molecule has 1 atom stereocenters. The van der Waals surface area contributed by atoms with Crippen LogP contribution in [0.15, 0.2) is 12.1 Å². The van der Waals surface area contributed by atoms with Crippen LogP contribution in [0.5, 0.6) is 5.88 Å². The molecule has 0 aromatic carbocycles. The van der Waals surface area contributed by atoms with Crippen LogP contribution in [0.2, 0.25) is 0 Å². The lowest BCUT2D eigenvalue weighted by Crippen LogP contribution is -2.27. The first-order chi connectivity index (χ1) is 8.74. The zero-order chi connectivity index (χ0) is 12.5. The largest absolute Gasteiger partial charge is 0.476 e. The Hall–Kier alpha value is -1.45. The average molecular weight is 247 g/mol. The Labute approximate surface area is 108 Å². The minimum absolute atomic E-state index is 0.567. The van der Waals surface area contributed by atoms with Gasteiger partial charge >= 0.3 is 0 Å². The van der Waals surface area contributed by atoms with Gasteiger partial charge in [0.2, 0.25) is 5.88 Å². The number of nitrogens with zero attached hydrogens (tertiary/aromatic N) is 2. The van der Waals surface area contributed by atoms with Gasteiger partial charge in [-0.05, 0) is 50.7 Å². The van der Waals surface area contributed by atoms with Gasteiger partial charge in [-0.1, -0.05) is 0 Å². The van der Waals surface area contributed by atoms with Crippen LogP contribution >= 0.6 is 0 Å². The molecule has 0 spiro atoms. The molecule has 0 bridgehead atoms. The summed E-state index contributed by atoms with van der Waals surface area (Å²) in [4.78, 5) is 6.92. The lowest BCUT2D eigenvalue weighted by atomic mass is 10.2. The number of pyridine rings is 1. The molecule has 2 fully saturated rings. The summed E-state index contributed by atoms with van der Waals surface area (Å²) in [6.07, 6.45) is 5.04. The molecule has 3 rings (SSSR count). The third-order valence-corrected chi connectivity index (χ3v) is 3.87. The topological polar surface area (TPSA) is 51.4 Å². The van der Waals surface area contributed by atoms with Gasteiger partial charge in [-0.15, -0.1) is 0 Å². The molecule has 1 saturated heterocycles. The van der Waals surface area contributed by atoms with Crippen molar-refractivity contribution in [1.29, 1.82) is 0 Å². The van der Waals surface area contributed by atoms with Gasteiger partial charge in [0.1, 0.15) is 5.82 Å². The fourth-order valence-electron chi connectivity index (χ4n) is 2.47. The summed E-state index contributed by atoms with van der Waals surface area (Å²) in [7, 11) is 0. The minimum atomic E-state index is 0.567. The summed E-state index contributed by atoms with van der Waals surface area (Å²) >= 11 is 0. The molecular weight excluding hydrogens is 226 g/mol. The second kappa shape index (κ2) is 4.67. The van der Waals surface area contributed by atoms with E-state index in [2.05, 4.69) is 16.8 Å². The molecule has 1 aromatic heterocycles. The number of hydrogen-bond acceptors (Lipinski definition) is 4. The summed E-state index contributed by atoms with van der Waals surface area (Å²) in [6, 6.07) is 4.48. The summed E-state index contributed by atoms with van der Waals surface area (Å²) < 4.78 is 5.73. The van der Waals surface area contributed by atoms with Gasteiger partial charge in [-0.25, -0.2) is 0 Å². The third kappa shape index (κ3) is 2.37. The van der Waals surface area contributed by atoms with Crippen LogP contribution in [0.25, 0.3) is 0 Å². The molecule has 1 aliphatic heterocycles. The molecule has 2 N–H and O–H groups in total. The van der Waals surface area contributed by atoms with Crippen LogP contribution in [0, 0.1) is 5.92 Å². The van der Waals surface area contributed by atoms with Crippen LogP contribution in [-0.2, 0) is 0 Å². The maximum atomic E-state index is 5.92. The second-order valence-electron chi connectivity index (χ2n) is 5.50. The van der Waals surface area contributed by atoms with Crippen LogP contribution in [-0.4, -0.2) is 24.2 Å². The average Bonchev–Trinajstić information content (AvgIpc) is 3.10. The van der Waals surface area contributed by atoms with Crippen molar-refractivity contribution < 1.29 is 4.74 Å². The fraction of sp³-hybridized carbons (Fsp3) is 0.643. The van der Waals surface area contributed by atoms with E-state index in [0.717, 1.165) is 24.9 Å². The minimum Gasteiger partial charge on any atom is -0.476 e. The highest BCUT2D eigenvalue weighted by atomic mass is 16.5. The Bertz CT molecular complexity index is 431. The summed E-state index contributed by atoms with van der Waals surface area (Å²) in [5.74, 6) is 2.33. The van der Waals surface area contributed by atoms with Crippen molar-refractivity contribution in [3.05, 3.63) is 12.1 Å². The lowest BCUT2D eigenvalue weighted by Gasteiger charge is -2.23. The SMILES string of the molecule is CC1CCCN1c1ccc(N)c(OCC2CC2)n1. The van der Waals surface area contributed by atoms with Gasteiger partial charge in [-0.2, -0.15) is 4.98 Å². The quantitative estimate of drug-likeness (QED) is 0.888. The molecule has 1 unspecified atom stereocenters. The van der Waals surface area contributed by atoms with Crippen LogP contribution in [0.4, 0.5) is 11.5 Å². The Morgan fingerprint density at radius 3 is 2.89 bits per heavy atom. The molecule has 1 saturated carbocycles. The molecular formula is C14H21N3O. The van der Waals surface area contributed by atoms with E-state index in [1.165, 1.54) is 25.7 Å². The highest BCUT2D eigenvalue weighted by Crippen LogP contribution is 2.32. The molecule has 0 amide bonds.